The number of aliphatic hydroxyl groups is 6. The van der Waals surface area contributed by atoms with Gasteiger partial charge in [-0.1, -0.05) is 13.8 Å². The Hall–Kier alpha value is -0.400. The fourth-order valence-electron chi connectivity index (χ4n) is 2.73. The van der Waals surface area contributed by atoms with Crippen LogP contribution in [0.5, 0.6) is 0 Å². The molecular weight excluding hydrogens is 352 g/mol. The van der Waals surface area contributed by atoms with Gasteiger partial charge < -0.3 is 49.6 Å². The van der Waals surface area contributed by atoms with Gasteiger partial charge in [0.1, 0.15) is 42.7 Å². The van der Waals surface area contributed by atoms with E-state index < -0.39 is 55.3 Å². The van der Waals surface area contributed by atoms with Crippen LogP contribution in [0, 0.1) is 5.92 Å². The monoisotopic (exact) mass is 382 g/mol. The molecule has 154 valence electrons. The Morgan fingerprint density at radius 3 is 2.15 bits per heavy atom. The van der Waals surface area contributed by atoms with Crippen LogP contribution in [0.3, 0.4) is 0 Å². The number of rotatable bonds is 7. The maximum Gasteiger partial charge on any atom is 0.186 e. The Morgan fingerprint density at radius 2 is 1.50 bits per heavy atom. The minimum Gasteiger partial charge on any atom is -0.388 e. The van der Waals surface area contributed by atoms with Gasteiger partial charge in [0.15, 0.2) is 12.6 Å². The number of hydrogen-bond acceptors (Lipinski definition) is 10. The van der Waals surface area contributed by atoms with E-state index in [2.05, 4.69) is 0 Å². The lowest BCUT2D eigenvalue weighted by Crippen LogP contribution is -2.60. The highest BCUT2D eigenvalue weighted by Gasteiger charge is 2.45. The molecule has 2 aliphatic rings. The van der Waals surface area contributed by atoms with Crippen molar-refractivity contribution in [3.05, 3.63) is 0 Å². The zero-order valence-electron chi connectivity index (χ0n) is 14.9. The van der Waals surface area contributed by atoms with Crippen LogP contribution in [0.15, 0.2) is 0 Å². The van der Waals surface area contributed by atoms with Gasteiger partial charge in [-0.25, -0.2) is 0 Å². The fraction of sp³-hybridized carbons (Fsp3) is 1.00. The van der Waals surface area contributed by atoms with Gasteiger partial charge in [0.05, 0.1) is 19.8 Å². The lowest BCUT2D eigenvalue weighted by molar-refractivity contribution is -0.321. The molecule has 9 atom stereocenters. The molecule has 2 aliphatic heterocycles. The van der Waals surface area contributed by atoms with Crippen molar-refractivity contribution in [1.82, 2.24) is 0 Å². The van der Waals surface area contributed by atoms with Gasteiger partial charge in [-0.05, 0) is 12.3 Å². The summed E-state index contributed by atoms with van der Waals surface area (Å²) in [6.07, 6.45) is -11.2. The Labute approximate surface area is 151 Å². The molecule has 2 fully saturated rings. The average molecular weight is 382 g/mol. The van der Waals surface area contributed by atoms with Crippen molar-refractivity contribution < 1.29 is 49.6 Å². The van der Waals surface area contributed by atoms with Crippen LogP contribution in [-0.4, -0.2) is 106 Å². The number of ether oxygens (including phenoxy) is 4. The van der Waals surface area contributed by atoms with E-state index in [4.69, 9.17) is 18.9 Å². The molecule has 10 nitrogen and oxygen atoms in total. The van der Waals surface area contributed by atoms with Crippen molar-refractivity contribution >= 4 is 0 Å². The SMILES string of the molecule is CC(C)CCO[C@@H]1O[C@H](CO[C@@H]2OC[C@H](O)[C@H](O)[C@H]2O)[C@@H](O)[C@H](O)[C@H]1O. The van der Waals surface area contributed by atoms with Crippen molar-refractivity contribution in [3.63, 3.8) is 0 Å². The van der Waals surface area contributed by atoms with Crippen LogP contribution in [-0.2, 0) is 18.9 Å². The average Bonchev–Trinajstić information content (AvgIpc) is 2.60. The molecule has 0 unspecified atom stereocenters. The molecule has 0 aromatic heterocycles. The molecule has 2 rings (SSSR count). The maximum absolute atomic E-state index is 10.1. The summed E-state index contributed by atoms with van der Waals surface area (Å²) in [4.78, 5) is 0. The maximum atomic E-state index is 10.1. The van der Waals surface area contributed by atoms with Crippen molar-refractivity contribution in [3.8, 4) is 0 Å². The van der Waals surface area contributed by atoms with Gasteiger partial charge >= 0.3 is 0 Å². The van der Waals surface area contributed by atoms with Gasteiger partial charge in [-0.2, -0.15) is 0 Å². The van der Waals surface area contributed by atoms with Gasteiger partial charge in [0.25, 0.3) is 0 Å². The first-order chi connectivity index (χ1) is 12.2. The zero-order valence-corrected chi connectivity index (χ0v) is 14.9. The molecule has 0 saturated carbocycles. The first-order valence-electron chi connectivity index (χ1n) is 8.81. The van der Waals surface area contributed by atoms with Gasteiger partial charge in [0, 0.05) is 0 Å². The summed E-state index contributed by atoms with van der Waals surface area (Å²) in [6, 6.07) is 0. The predicted octanol–water partition coefficient (Wildman–Crippen LogP) is -2.69. The summed E-state index contributed by atoms with van der Waals surface area (Å²) < 4.78 is 21.4. The highest BCUT2D eigenvalue weighted by Crippen LogP contribution is 2.24. The Kier molecular flexibility index (Phi) is 8.16. The normalized spacial score (nSPS) is 44.4. The molecule has 0 aromatic rings. The quantitative estimate of drug-likeness (QED) is 0.274. The second-order valence-electron chi connectivity index (χ2n) is 7.15. The minimum absolute atomic E-state index is 0.223. The van der Waals surface area contributed by atoms with E-state index in [-0.39, 0.29) is 13.2 Å². The molecule has 0 radical (unpaired) electrons. The van der Waals surface area contributed by atoms with Crippen molar-refractivity contribution in [2.75, 3.05) is 19.8 Å². The lowest BCUT2D eigenvalue weighted by Gasteiger charge is -2.41. The molecule has 2 saturated heterocycles. The third-order valence-corrected chi connectivity index (χ3v) is 4.52. The van der Waals surface area contributed by atoms with Gasteiger partial charge in [-0.15, -0.1) is 0 Å². The van der Waals surface area contributed by atoms with E-state index in [1.807, 2.05) is 13.8 Å². The van der Waals surface area contributed by atoms with Crippen LogP contribution in [0.2, 0.25) is 0 Å². The highest BCUT2D eigenvalue weighted by molar-refractivity contribution is 4.90. The largest absolute Gasteiger partial charge is 0.388 e. The van der Waals surface area contributed by atoms with Crippen LogP contribution < -0.4 is 0 Å². The Bertz CT molecular complexity index is 422. The fourth-order valence-corrected chi connectivity index (χ4v) is 2.73. The smallest absolute Gasteiger partial charge is 0.186 e. The Morgan fingerprint density at radius 1 is 0.846 bits per heavy atom. The van der Waals surface area contributed by atoms with Crippen LogP contribution in [0.1, 0.15) is 20.3 Å². The lowest BCUT2D eigenvalue weighted by atomic mass is 9.99. The first kappa shape index (κ1) is 21.9. The van der Waals surface area contributed by atoms with Crippen molar-refractivity contribution in [1.29, 1.82) is 0 Å². The van der Waals surface area contributed by atoms with E-state index in [0.717, 1.165) is 6.42 Å². The minimum atomic E-state index is -1.49. The summed E-state index contributed by atoms with van der Waals surface area (Å²) in [5, 5.41) is 58.9. The topological polar surface area (TPSA) is 158 Å². The first-order valence-corrected chi connectivity index (χ1v) is 8.81. The zero-order chi connectivity index (χ0) is 19.4. The molecular formula is C16H30O10. The number of aliphatic hydroxyl groups excluding tert-OH is 6. The number of hydrogen-bond donors (Lipinski definition) is 6. The van der Waals surface area contributed by atoms with E-state index in [0.29, 0.717) is 12.5 Å². The predicted molar refractivity (Wildman–Crippen MR) is 85.8 cm³/mol. The summed E-state index contributed by atoms with van der Waals surface area (Å²) in [7, 11) is 0. The van der Waals surface area contributed by atoms with Crippen molar-refractivity contribution in [2.24, 2.45) is 5.92 Å². The molecule has 0 bridgehead atoms. The van der Waals surface area contributed by atoms with Gasteiger partial charge in [-0.3, -0.25) is 0 Å². The second kappa shape index (κ2) is 9.69. The van der Waals surface area contributed by atoms with E-state index >= 15 is 0 Å². The molecule has 0 amide bonds. The van der Waals surface area contributed by atoms with Gasteiger partial charge in [0.2, 0.25) is 0 Å². The van der Waals surface area contributed by atoms with E-state index in [1.165, 1.54) is 0 Å². The molecule has 0 aromatic carbocycles. The summed E-state index contributed by atoms with van der Waals surface area (Å²) >= 11 is 0. The third kappa shape index (κ3) is 5.32. The summed E-state index contributed by atoms with van der Waals surface area (Å²) in [5.74, 6) is 0.386. The standard InChI is InChI=1S/C16H30O10/c1-7(2)3-4-23-16-14(22)12(20)11(19)9(26-16)6-25-15-13(21)10(18)8(17)5-24-15/h7-22H,3-6H2,1-2H3/t8-,9+,10-,11+,12-,13+,14+,15-,16+/m0/s1. The van der Waals surface area contributed by atoms with E-state index in [9.17, 15) is 30.6 Å². The van der Waals surface area contributed by atoms with E-state index in [1.54, 1.807) is 0 Å². The molecule has 0 spiro atoms. The Balaban J connectivity index is 1.88. The molecule has 2 heterocycles. The van der Waals surface area contributed by atoms with Crippen LogP contribution in [0.4, 0.5) is 0 Å². The summed E-state index contributed by atoms with van der Waals surface area (Å²) in [5.41, 5.74) is 0. The van der Waals surface area contributed by atoms with Crippen molar-refractivity contribution in [2.45, 2.75) is 75.6 Å². The molecule has 26 heavy (non-hydrogen) atoms. The van der Waals surface area contributed by atoms with Crippen LogP contribution in [0.25, 0.3) is 0 Å². The highest BCUT2D eigenvalue weighted by atomic mass is 16.7. The summed E-state index contributed by atoms with van der Waals surface area (Å²) in [6.45, 7) is 3.82. The molecule has 10 heteroatoms. The third-order valence-electron chi connectivity index (χ3n) is 4.52. The van der Waals surface area contributed by atoms with Crippen LogP contribution >= 0.6 is 0 Å². The molecule has 0 aliphatic carbocycles. The second-order valence-corrected chi connectivity index (χ2v) is 7.15. The molecule has 6 N–H and O–H groups in total.